The second-order valence-corrected chi connectivity index (χ2v) is 7.42. The van der Waals surface area contributed by atoms with Gasteiger partial charge in [-0.05, 0) is 44.9 Å². The molecule has 1 aromatic rings. The molecule has 0 radical (unpaired) electrons. The quantitative estimate of drug-likeness (QED) is 0.896. The highest BCUT2D eigenvalue weighted by Gasteiger charge is 2.20. The van der Waals surface area contributed by atoms with E-state index in [1.54, 1.807) is 0 Å². The van der Waals surface area contributed by atoms with Gasteiger partial charge in [0.05, 0.1) is 5.25 Å². The van der Waals surface area contributed by atoms with E-state index in [1.165, 1.54) is 30.6 Å². The maximum atomic E-state index is 4.78. The van der Waals surface area contributed by atoms with Crippen molar-refractivity contribution in [3.05, 3.63) is 22.8 Å². The number of aryl methyl sites for hydroxylation is 2. The van der Waals surface area contributed by atoms with Gasteiger partial charge in [0.25, 0.3) is 0 Å². The van der Waals surface area contributed by atoms with Gasteiger partial charge in [-0.15, -0.1) is 0 Å². The number of thioether (sulfide) groups is 1. The molecule has 20 heavy (non-hydrogen) atoms. The Balaban J connectivity index is 2.07. The van der Waals surface area contributed by atoms with Gasteiger partial charge in [-0.1, -0.05) is 20.3 Å². The summed E-state index contributed by atoms with van der Waals surface area (Å²) in [6, 6.07) is 0. The van der Waals surface area contributed by atoms with Crippen LogP contribution in [0.1, 0.15) is 61.1 Å². The monoisotopic (exact) mass is 293 g/mol. The smallest absolute Gasteiger partial charge is 0.141 e. The van der Waals surface area contributed by atoms with Gasteiger partial charge >= 0.3 is 0 Å². The Kier molecular flexibility index (Phi) is 5.85. The van der Waals surface area contributed by atoms with Crippen molar-refractivity contribution >= 4 is 11.8 Å². The zero-order valence-corrected chi connectivity index (χ0v) is 14.0. The van der Waals surface area contributed by atoms with Crippen molar-refractivity contribution in [2.24, 2.45) is 5.92 Å². The maximum Gasteiger partial charge on any atom is 0.141 e. The van der Waals surface area contributed by atoms with Crippen molar-refractivity contribution in [1.29, 1.82) is 0 Å². The van der Waals surface area contributed by atoms with Gasteiger partial charge in [-0.25, -0.2) is 9.97 Å². The number of nitrogens with one attached hydrogen (secondary N) is 1. The molecule has 112 valence electrons. The van der Waals surface area contributed by atoms with Crippen molar-refractivity contribution in [1.82, 2.24) is 15.3 Å². The standard InChI is InChI=1S/C16H27N3S/c1-11(2)9-17-10-14-12(3)18-16(19-13(14)4)15-7-5-6-8-20-15/h11,15,17H,5-10H2,1-4H3. The highest BCUT2D eigenvalue weighted by molar-refractivity contribution is 7.99. The van der Waals surface area contributed by atoms with Crippen LogP contribution in [0.4, 0.5) is 0 Å². The van der Waals surface area contributed by atoms with Gasteiger partial charge < -0.3 is 5.32 Å². The normalized spacial score (nSPS) is 19.6. The van der Waals surface area contributed by atoms with Crippen molar-refractivity contribution in [2.45, 2.75) is 58.8 Å². The molecule has 0 bridgehead atoms. The Bertz CT molecular complexity index is 416. The molecule has 1 N–H and O–H groups in total. The lowest BCUT2D eigenvalue weighted by Gasteiger charge is -2.21. The predicted molar refractivity (Wildman–Crippen MR) is 87.1 cm³/mol. The fourth-order valence-corrected chi connectivity index (χ4v) is 3.84. The summed E-state index contributed by atoms with van der Waals surface area (Å²) in [5.41, 5.74) is 3.57. The molecule has 0 aromatic carbocycles. The zero-order valence-electron chi connectivity index (χ0n) is 13.2. The Morgan fingerprint density at radius 2 is 1.90 bits per heavy atom. The first-order chi connectivity index (χ1) is 9.58. The summed E-state index contributed by atoms with van der Waals surface area (Å²) in [6.45, 7) is 10.6. The molecule has 2 rings (SSSR count). The largest absolute Gasteiger partial charge is 0.312 e. The third kappa shape index (κ3) is 4.19. The highest BCUT2D eigenvalue weighted by atomic mass is 32.2. The van der Waals surface area contributed by atoms with Crippen LogP contribution >= 0.6 is 11.8 Å². The molecule has 1 aromatic heterocycles. The molecular formula is C16H27N3S. The van der Waals surface area contributed by atoms with E-state index in [1.807, 2.05) is 11.8 Å². The van der Waals surface area contributed by atoms with Gasteiger partial charge in [0, 0.05) is 23.5 Å². The molecule has 2 heterocycles. The molecule has 0 amide bonds. The number of hydrogen-bond donors (Lipinski definition) is 1. The predicted octanol–water partition coefficient (Wildman–Crippen LogP) is 3.80. The molecule has 1 unspecified atom stereocenters. The lowest BCUT2D eigenvalue weighted by molar-refractivity contribution is 0.548. The van der Waals surface area contributed by atoms with E-state index in [2.05, 4.69) is 33.0 Å². The number of aromatic nitrogens is 2. The van der Waals surface area contributed by atoms with Crippen LogP contribution in [0.2, 0.25) is 0 Å². The topological polar surface area (TPSA) is 37.8 Å². The fraction of sp³-hybridized carbons (Fsp3) is 0.750. The summed E-state index contributed by atoms with van der Waals surface area (Å²) < 4.78 is 0. The minimum absolute atomic E-state index is 0.513. The molecule has 1 aliphatic heterocycles. The van der Waals surface area contributed by atoms with Crippen molar-refractivity contribution in [3.8, 4) is 0 Å². The van der Waals surface area contributed by atoms with Gasteiger partial charge in [0.15, 0.2) is 0 Å². The lowest BCUT2D eigenvalue weighted by atomic mass is 10.1. The van der Waals surface area contributed by atoms with E-state index in [4.69, 9.17) is 9.97 Å². The SMILES string of the molecule is Cc1nc(C2CCCCS2)nc(C)c1CNCC(C)C. The third-order valence-electron chi connectivity index (χ3n) is 3.76. The van der Waals surface area contributed by atoms with Crippen LogP contribution in [-0.2, 0) is 6.54 Å². The first kappa shape index (κ1) is 15.8. The Morgan fingerprint density at radius 3 is 2.45 bits per heavy atom. The van der Waals surface area contributed by atoms with Crippen LogP contribution < -0.4 is 5.32 Å². The van der Waals surface area contributed by atoms with Crippen LogP contribution in [0.15, 0.2) is 0 Å². The second kappa shape index (κ2) is 7.41. The Hall–Kier alpha value is -0.610. The van der Waals surface area contributed by atoms with Gasteiger partial charge in [-0.2, -0.15) is 11.8 Å². The molecule has 4 heteroatoms. The van der Waals surface area contributed by atoms with Crippen molar-refractivity contribution < 1.29 is 0 Å². The average molecular weight is 293 g/mol. The number of rotatable bonds is 5. The molecule has 1 fully saturated rings. The Labute approximate surface area is 127 Å². The minimum Gasteiger partial charge on any atom is -0.312 e. The van der Waals surface area contributed by atoms with E-state index < -0.39 is 0 Å². The molecule has 3 nitrogen and oxygen atoms in total. The summed E-state index contributed by atoms with van der Waals surface area (Å²) in [7, 11) is 0. The summed E-state index contributed by atoms with van der Waals surface area (Å²) in [5.74, 6) is 2.98. The average Bonchev–Trinajstić information content (AvgIpc) is 2.42. The fourth-order valence-electron chi connectivity index (χ4n) is 2.60. The van der Waals surface area contributed by atoms with Crippen molar-refractivity contribution in [3.63, 3.8) is 0 Å². The summed E-state index contributed by atoms with van der Waals surface area (Å²) >= 11 is 2.02. The van der Waals surface area contributed by atoms with Gasteiger partial charge in [-0.3, -0.25) is 0 Å². The summed E-state index contributed by atoms with van der Waals surface area (Å²) in [5, 5.41) is 4.01. The Morgan fingerprint density at radius 1 is 1.20 bits per heavy atom. The molecule has 1 saturated heterocycles. The van der Waals surface area contributed by atoms with Crippen LogP contribution in [0.5, 0.6) is 0 Å². The maximum absolute atomic E-state index is 4.78. The second-order valence-electron chi connectivity index (χ2n) is 6.11. The van der Waals surface area contributed by atoms with E-state index >= 15 is 0 Å². The van der Waals surface area contributed by atoms with E-state index in [0.29, 0.717) is 11.2 Å². The molecule has 1 atom stereocenters. The lowest BCUT2D eigenvalue weighted by Crippen LogP contribution is -2.21. The van der Waals surface area contributed by atoms with E-state index in [-0.39, 0.29) is 0 Å². The summed E-state index contributed by atoms with van der Waals surface area (Å²) in [4.78, 5) is 9.57. The zero-order chi connectivity index (χ0) is 14.5. The third-order valence-corrected chi connectivity index (χ3v) is 5.13. The van der Waals surface area contributed by atoms with Crippen molar-refractivity contribution in [2.75, 3.05) is 12.3 Å². The van der Waals surface area contributed by atoms with Crippen LogP contribution in [0, 0.1) is 19.8 Å². The van der Waals surface area contributed by atoms with Crippen LogP contribution in [0.3, 0.4) is 0 Å². The van der Waals surface area contributed by atoms with E-state index in [0.717, 1.165) is 30.3 Å². The molecule has 0 spiro atoms. The van der Waals surface area contributed by atoms with Crippen LogP contribution in [0.25, 0.3) is 0 Å². The van der Waals surface area contributed by atoms with Crippen LogP contribution in [-0.4, -0.2) is 22.3 Å². The highest BCUT2D eigenvalue weighted by Crippen LogP contribution is 2.36. The molecule has 0 saturated carbocycles. The number of nitrogens with zero attached hydrogens (tertiary/aromatic N) is 2. The van der Waals surface area contributed by atoms with Gasteiger partial charge in [0.1, 0.15) is 5.82 Å². The molecule has 1 aliphatic rings. The van der Waals surface area contributed by atoms with Gasteiger partial charge in [0.2, 0.25) is 0 Å². The first-order valence-corrected chi connectivity index (χ1v) is 8.79. The summed E-state index contributed by atoms with van der Waals surface area (Å²) in [6.07, 6.45) is 3.89. The van der Waals surface area contributed by atoms with E-state index in [9.17, 15) is 0 Å². The number of hydrogen-bond acceptors (Lipinski definition) is 4. The minimum atomic E-state index is 0.513. The molecule has 0 aliphatic carbocycles. The molecular weight excluding hydrogens is 266 g/mol. The first-order valence-electron chi connectivity index (χ1n) is 7.74.